The predicted octanol–water partition coefficient (Wildman–Crippen LogP) is 4.31. The Morgan fingerprint density at radius 1 is 1.18 bits per heavy atom. The average Bonchev–Trinajstić information content (AvgIpc) is 3.38. The largest absolute Gasteiger partial charge is 0.461 e. The second-order valence-corrected chi connectivity index (χ2v) is 8.12. The number of nitrogens with one attached hydrogen (secondary N) is 1. The van der Waals surface area contributed by atoms with Gasteiger partial charge in [-0.25, -0.2) is 0 Å². The molecule has 1 N–H and O–H groups in total. The number of amides is 1. The molecule has 1 fully saturated rings. The van der Waals surface area contributed by atoms with E-state index >= 15 is 0 Å². The number of nitrogens with zero attached hydrogens (tertiary/aromatic N) is 3. The Hall–Kier alpha value is -2.54. The molecular formula is C21H24N4O2S. The van der Waals surface area contributed by atoms with Gasteiger partial charge in [0.2, 0.25) is 11.7 Å². The highest BCUT2D eigenvalue weighted by Gasteiger charge is 2.24. The summed E-state index contributed by atoms with van der Waals surface area (Å²) in [6.45, 7) is 2.22. The lowest BCUT2D eigenvalue weighted by Gasteiger charge is -2.29. The van der Waals surface area contributed by atoms with Crippen molar-refractivity contribution in [3.05, 3.63) is 48.7 Å². The van der Waals surface area contributed by atoms with E-state index in [1.807, 2.05) is 47.0 Å². The van der Waals surface area contributed by atoms with Gasteiger partial charge in [-0.15, -0.1) is 10.2 Å². The van der Waals surface area contributed by atoms with Crippen LogP contribution in [0.4, 0.5) is 0 Å². The normalized spacial score (nSPS) is 19.5. The molecule has 1 aromatic carbocycles. The molecular weight excluding hydrogens is 372 g/mol. The second kappa shape index (κ2) is 8.65. The standard InChI is InChI=1S/C21H24N4O2S/c1-15-8-5-6-11-17(15)22-19(26)14-28-21-24-23-20(18-12-7-13-27-18)25(21)16-9-3-2-4-10-16/h2-4,7,9-10,12-13,15,17H,5-6,8,11,14H2,1H3,(H,22,26)/t15-,17-/m1/s1. The van der Waals surface area contributed by atoms with E-state index in [1.165, 1.54) is 31.0 Å². The van der Waals surface area contributed by atoms with Crippen molar-refractivity contribution in [2.24, 2.45) is 5.92 Å². The van der Waals surface area contributed by atoms with E-state index in [1.54, 1.807) is 6.26 Å². The van der Waals surface area contributed by atoms with Gasteiger partial charge in [0.15, 0.2) is 10.9 Å². The maximum atomic E-state index is 12.5. The molecule has 1 aliphatic carbocycles. The fraction of sp³-hybridized carbons (Fsp3) is 0.381. The number of aromatic nitrogens is 3. The van der Waals surface area contributed by atoms with Crippen molar-refractivity contribution in [3.8, 4) is 17.3 Å². The van der Waals surface area contributed by atoms with Gasteiger partial charge in [-0.2, -0.15) is 0 Å². The summed E-state index contributed by atoms with van der Waals surface area (Å²) < 4.78 is 7.45. The molecule has 2 aromatic heterocycles. The Bertz CT molecular complexity index is 908. The van der Waals surface area contributed by atoms with Crippen molar-refractivity contribution in [1.82, 2.24) is 20.1 Å². The number of thioether (sulfide) groups is 1. The second-order valence-electron chi connectivity index (χ2n) is 7.18. The third-order valence-electron chi connectivity index (χ3n) is 5.18. The smallest absolute Gasteiger partial charge is 0.230 e. The van der Waals surface area contributed by atoms with Crippen molar-refractivity contribution < 1.29 is 9.21 Å². The lowest BCUT2D eigenvalue weighted by molar-refractivity contribution is -0.119. The minimum absolute atomic E-state index is 0.0471. The molecule has 146 valence electrons. The molecule has 2 atom stereocenters. The van der Waals surface area contributed by atoms with Gasteiger partial charge in [0.05, 0.1) is 12.0 Å². The fourth-order valence-electron chi connectivity index (χ4n) is 3.65. The molecule has 1 amide bonds. The summed E-state index contributed by atoms with van der Waals surface area (Å²) in [5.41, 5.74) is 0.933. The summed E-state index contributed by atoms with van der Waals surface area (Å²) in [5.74, 6) is 2.17. The SMILES string of the molecule is C[C@@H]1CCCC[C@H]1NC(=O)CSc1nnc(-c2ccco2)n1-c1ccccc1. The van der Waals surface area contributed by atoms with Crippen LogP contribution in [0.2, 0.25) is 0 Å². The van der Waals surface area contributed by atoms with Gasteiger partial charge in [0, 0.05) is 11.7 Å². The summed E-state index contributed by atoms with van der Waals surface area (Å²) in [6, 6.07) is 13.8. The van der Waals surface area contributed by atoms with Crippen molar-refractivity contribution >= 4 is 17.7 Å². The van der Waals surface area contributed by atoms with Crippen LogP contribution in [-0.4, -0.2) is 32.5 Å². The fourth-order valence-corrected chi connectivity index (χ4v) is 4.41. The van der Waals surface area contributed by atoms with E-state index in [4.69, 9.17) is 4.42 Å². The van der Waals surface area contributed by atoms with E-state index in [9.17, 15) is 4.79 Å². The number of para-hydroxylation sites is 1. The number of hydrogen-bond acceptors (Lipinski definition) is 5. The van der Waals surface area contributed by atoms with Crippen molar-refractivity contribution in [2.45, 2.75) is 43.8 Å². The van der Waals surface area contributed by atoms with Crippen LogP contribution in [0.1, 0.15) is 32.6 Å². The first-order valence-electron chi connectivity index (χ1n) is 9.69. The molecule has 0 unspecified atom stereocenters. The van der Waals surface area contributed by atoms with E-state index in [0.717, 1.165) is 12.1 Å². The summed E-state index contributed by atoms with van der Waals surface area (Å²) in [6.07, 6.45) is 6.33. The number of carbonyl (C=O) groups excluding carboxylic acids is 1. The van der Waals surface area contributed by atoms with Gasteiger partial charge >= 0.3 is 0 Å². The average molecular weight is 397 g/mol. The van der Waals surface area contributed by atoms with Crippen LogP contribution >= 0.6 is 11.8 Å². The number of carbonyl (C=O) groups is 1. The molecule has 0 radical (unpaired) electrons. The molecule has 1 saturated carbocycles. The summed E-state index contributed by atoms with van der Waals surface area (Å²) in [4.78, 5) is 12.5. The number of hydrogen-bond donors (Lipinski definition) is 1. The highest BCUT2D eigenvalue weighted by molar-refractivity contribution is 7.99. The van der Waals surface area contributed by atoms with Crippen LogP contribution in [-0.2, 0) is 4.79 Å². The maximum Gasteiger partial charge on any atom is 0.230 e. The molecule has 0 spiro atoms. The topological polar surface area (TPSA) is 73.0 Å². The Morgan fingerprint density at radius 2 is 2.00 bits per heavy atom. The molecule has 6 nitrogen and oxygen atoms in total. The zero-order valence-corrected chi connectivity index (χ0v) is 16.7. The number of rotatable bonds is 6. The van der Waals surface area contributed by atoms with Gasteiger partial charge in [-0.05, 0) is 43.0 Å². The quantitative estimate of drug-likeness (QED) is 0.629. The Morgan fingerprint density at radius 3 is 2.75 bits per heavy atom. The van der Waals surface area contributed by atoms with Gasteiger partial charge in [-0.1, -0.05) is 49.7 Å². The van der Waals surface area contributed by atoms with E-state index in [2.05, 4.69) is 22.4 Å². The highest BCUT2D eigenvalue weighted by atomic mass is 32.2. The van der Waals surface area contributed by atoms with Crippen LogP contribution in [0.5, 0.6) is 0 Å². The van der Waals surface area contributed by atoms with Crippen molar-refractivity contribution in [2.75, 3.05) is 5.75 Å². The molecule has 2 heterocycles. The molecule has 3 aromatic rings. The molecule has 0 bridgehead atoms. The number of furan rings is 1. The Balaban J connectivity index is 1.51. The monoisotopic (exact) mass is 396 g/mol. The first-order chi connectivity index (χ1) is 13.7. The van der Waals surface area contributed by atoms with Gasteiger partial charge < -0.3 is 9.73 Å². The third-order valence-corrected chi connectivity index (χ3v) is 6.11. The van der Waals surface area contributed by atoms with Crippen molar-refractivity contribution in [3.63, 3.8) is 0 Å². The third kappa shape index (κ3) is 4.14. The van der Waals surface area contributed by atoms with Gasteiger partial charge in [-0.3, -0.25) is 9.36 Å². The Kier molecular flexibility index (Phi) is 5.81. The van der Waals surface area contributed by atoms with Crippen LogP contribution in [0, 0.1) is 5.92 Å². The van der Waals surface area contributed by atoms with Crippen LogP contribution in [0.15, 0.2) is 58.3 Å². The highest BCUT2D eigenvalue weighted by Crippen LogP contribution is 2.28. The summed E-state index contributed by atoms with van der Waals surface area (Å²) in [5, 5.41) is 12.5. The molecule has 7 heteroatoms. The van der Waals surface area contributed by atoms with Gasteiger partial charge in [0.1, 0.15) is 0 Å². The maximum absolute atomic E-state index is 12.5. The minimum Gasteiger partial charge on any atom is -0.461 e. The first-order valence-corrected chi connectivity index (χ1v) is 10.7. The van der Waals surface area contributed by atoms with E-state index < -0.39 is 0 Å². The summed E-state index contributed by atoms with van der Waals surface area (Å²) >= 11 is 1.39. The molecule has 0 saturated heterocycles. The van der Waals surface area contributed by atoms with Crippen LogP contribution in [0.3, 0.4) is 0 Å². The Labute approximate surface area is 168 Å². The lowest BCUT2D eigenvalue weighted by Crippen LogP contribution is -2.41. The lowest BCUT2D eigenvalue weighted by atomic mass is 9.86. The van der Waals surface area contributed by atoms with Crippen molar-refractivity contribution in [1.29, 1.82) is 0 Å². The molecule has 4 rings (SSSR count). The molecule has 1 aliphatic rings. The zero-order valence-electron chi connectivity index (χ0n) is 15.9. The van der Waals surface area contributed by atoms with E-state index in [-0.39, 0.29) is 11.9 Å². The van der Waals surface area contributed by atoms with Crippen LogP contribution in [0.25, 0.3) is 17.3 Å². The minimum atomic E-state index is 0.0471. The van der Waals surface area contributed by atoms with Crippen LogP contribution < -0.4 is 5.32 Å². The summed E-state index contributed by atoms with van der Waals surface area (Å²) in [7, 11) is 0. The van der Waals surface area contributed by atoms with E-state index in [0.29, 0.717) is 28.4 Å². The predicted molar refractivity (Wildman–Crippen MR) is 109 cm³/mol. The number of benzene rings is 1. The molecule has 28 heavy (non-hydrogen) atoms. The molecule has 0 aliphatic heterocycles. The zero-order chi connectivity index (χ0) is 19.3. The van der Waals surface area contributed by atoms with Gasteiger partial charge in [0.25, 0.3) is 0 Å². The first kappa shape index (κ1) is 18.8.